The van der Waals surface area contributed by atoms with Crippen molar-refractivity contribution < 1.29 is 14.3 Å². The number of ether oxygens (including phenoxy) is 1. The molecule has 2 heterocycles. The second kappa shape index (κ2) is 8.58. The summed E-state index contributed by atoms with van der Waals surface area (Å²) in [4.78, 5) is 31.0. The highest BCUT2D eigenvalue weighted by atomic mass is 16.5. The van der Waals surface area contributed by atoms with Crippen LogP contribution in [0.3, 0.4) is 0 Å². The molecule has 0 bridgehead atoms. The third-order valence-electron chi connectivity index (χ3n) is 6.85. The molecule has 1 fully saturated rings. The molecule has 5 nitrogen and oxygen atoms in total. The van der Waals surface area contributed by atoms with Crippen LogP contribution in [0.25, 0.3) is 0 Å². The Bertz CT molecular complexity index is 1120. The van der Waals surface area contributed by atoms with Gasteiger partial charge >= 0.3 is 5.97 Å². The molecule has 5 heteroatoms. The number of pyridine rings is 1. The number of carbonyl (C=O) groups excluding carboxylic acids is 2. The van der Waals surface area contributed by atoms with Crippen molar-refractivity contribution in [3.8, 4) is 5.75 Å². The second-order valence-electron chi connectivity index (χ2n) is 8.60. The summed E-state index contributed by atoms with van der Waals surface area (Å²) in [6.07, 6.45) is 6.35. The maximum absolute atomic E-state index is 13.7. The lowest BCUT2D eigenvalue weighted by Crippen LogP contribution is -2.52. The van der Waals surface area contributed by atoms with Crippen LogP contribution in [0.15, 0.2) is 79.0 Å². The van der Waals surface area contributed by atoms with E-state index in [1.165, 1.54) is 0 Å². The monoisotopic (exact) mass is 426 g/mol. The van der Waals surface area contributed by atoms with Crippen molar-refractivity contribution in [1.29, 1.82) is 0 Å². The Morgan fingerprint density at radius 2 is 1.66 bits per heavy atom. The van der Waals surface area contributed by atoms with Crippen molar-refractivity contribution in [3.05, 3.63) is 95.8 Å². The first-order valence-electron chi connectivity index (χ1n) is 11.3. The number of esters is 1. The third-order valence-corrected chi connectivity index (χ3v) is 6.85. The van der Waals surface area contributed by atoms with Crippen LogP contribution in [-0.4, -0.2) is 22.9 Å². The minimum absolute atomic E-state index is 0.129. The van der Waals surface area contributed by atoms with Gasteiger partial charge in [0.2, 0.25) is 0 Å². The average Bonchev–Trinajstić information content (AvgIpc) is 2.96. The number of nitrogens with zero attached hydrogens (tertiary/aromatic N) is 1. The zero-order valence-electron chi connectivity index (χ0n) is 17.9. The van der Waals surface area contributed by atoms with Gasteiger partial charge in [0.1, 0.15) is 16.9 Å². The fourth-order valence-corrected chi connectivity index (χ4v) is 5.45. The van der Waals surface area contributed by atoms with Crippen molar-refractivity contribution in [1.82, 2.24) is 10.3 Å². The Hall–Kier alpha value is -3.47. The summed E-state index contributed by atoms with van der Waals surface area (Å²) in [6.45, 7) is 0. The lowest BCUT2D eigenvalue weighted by molar-refractivity contribution is -0.139. The van der Waals surface area contributed by atoms with Gasteiger partial charge in [-0.3, -0.25) is 14.6 Å². The van der Waals surface area contributed by atoms with Gasteiger partial charge in [-0.2, -0.15) is 0 Å². The molecule has 32 heavy (non-hydrogen) atoms. The van der Waals surface area contributed by atoms with Crippen molar-refractivity contribution >= 4 is 11.9 Å². The van der Waals surface area contributed by atoms with Gasteiger partial charge < -0.3 is 10.1 Å². The predicted molar refractivity (Wildman–Crippen MR) is 121 cm³/mol. The quantitative estimate of drug-likeness (QED) is 0.374. The maximum Gasteiger partial charge on any atom is 0.327 e. The highest BCUT2D eigenvalue weighted by molar-refractivity contribution is 5.96. The van der Waals surface area contributed by atoms with Crippen LogP contribution in [0.5, 0.6) is 5.75 Å². The molecule has 1 aromatic heterocycles. The number of carbonyl (C=O) groups is 2. The van der Waals surface area contributed by atoms with E-state index >= 15 is 0 Å². The van der Waals surface area contributed by atoms with Gasteiger partial charge in [0.05, 0.1) is 0 Å². The van der Waals surface area contributed by atoms with Crippen LogP contribution in [-0.2, 0) is 10.2 Å². The molecule has 1 aliphatic carbocycles. The van der Waals surface area contributed by atoms with E-state index in [1.807, 2.05) is 60.7 Å². The van der Waals surface area contributed by atoms with Gasteiger partial charge in [0.25, 0.3) is 5.91 Å². The fourth-order valence-electron chi connectivity index (χ4n) is 5.45. The Labute approximate surface area is 187 Å². The minimum Gasteiger partial charge on any atom is -0.425 e. The lowest BCUT2D eigenvalue weighted by Gasteiger charge is -2.39. The molecule has 1 aliphatic heterocycles. The Morgan fingerprint density at radius 3 is 2.47 bits per heavy atom. The number of benzene rings is 2. The molecule has 5 rings (SSSR count). The highest BCUT2D eigenvalue weighted by Crippen LogP contribution is 2.52. The third kappa shape index (κ3) is 3.38. The zero-order valence-corrected chi connectivity index (χ0v) is 17.9. The summed E-state index contributed by atoms with van der Waals surface area (Å²) in [5, 5.41) is 3.24. The highest BCUT2D eigenvalue weighted by Gasteiger charge is 2.57. The Morgan fingerprint density at radius 1 is 0.906 bits per heavy atom. The summed E-state index contributed by atoms with van der Waals surface area (Å²) in [6, 6.07) is 22.7. The van der Waals surface area contributed by atoms with E-state index in [9.17, 15) is 9.59 Å². The van der Waals surface area contributed by atoms with E-state index in [1.54, 1.807) is 18.3 Å². The number of hydrogen-bond donors (Lipinski definition) is 1. The van der Waals surface area contributed by atoms with Gasteiger partial charge in [-0.1, -0.05) is 73.9 Å². The number of nitrogens with one attached hydrogen (secondary N) is 1. The predicted octanol–water partition coefficient (Wildman–Crippen LogP) is 4.67. The number of fused-ring (bicyclic) bond motifs is 1. The van der Waals surface area contributed by atoms with Crippen LogP contribution in [0.4, 0.5) is 0 Å². The van der Waals surface area contributed by atoms with Gasteiger partial charge in [0.15, 0.2) is 0 Å². The molecule has 1 saturated carbocycles. The van der Waals surface area contributed by atoms with Crippen molar-refractivity contribution in [2.45, 2.75) is 43.6 Å². The number of rotatable bonds is 4. The van der Waals surface area contributed by atoms with Crippen LogP contribution in [0.1, 0.15) is 53.7 Å². The Kier molecular flexibility index (Phi) is 5.48. The SMILES string of the molecule is O=C(N[C@H]1CCCCC[C@@H]1[C@@]1(c2ccccc2)C(=O)Oc2ccccc21)c1ccccn1. The molecular formula is C27H26N2O3. The average molecular weight is 427 g/mol. The lowest BCUT2D eigenvalue weighted by atomic mass is 9.62. The summed E-state index contributed by atoms with van der Waals surface area (Å²) in [5.74, 6) is 0.0239. The zero-order chi connectivity index (χ0) is 22.0. The van der Waals surface area contributed by atoms with Crippen LogP contribution in [0, 0.1) is 5.92 Å². The van der Waals surface area contributed by atoms with E-state index in [4.69, 9.17) is 4.74 Å². The van der Waals surface area contributed by atoms with Crippen LogP contribution >= 0.6 is 0 Å². The van der Waals surface area contributed by atoms with Gasteiger partial charge in [0, 0.05) is 23.7 Å². The largest absolute Gasteiger partial charge is 0.425 e. The van der Waals surface area contributed by atoms with E-state index in [0.717, 1.165) is 43.2 Å². The fraction of sp³-hybridized carbons (Fsp3) is 0.296. The summed E-state index contributed by atoms with van der Waals surface area (Å²) >= 11 is 0. The summed E-state index contributed by atoms with van der Waals surface area (Å²) in [7, 11) is 0. The molecule has 162 valence electrons. The smallest absolute Gasteiger partial charge is 0.327 e. The number of hydrogen-bond acceptors (Lipinski definition) is 4. The molecule has 0 unspecified atom stereocenters. The summed E-state index contributed by atoms with van der Waals surface area (Å²) in [5.41, 5.74) is 1.24. The van der Waals surface area contributed by atoms with Crippen LogP contribution < -0.4 is 10.1 Å². The standard InChI is InChI=1S/C27H26N2O3/c30-25(23-16-9-10-18-28-23)29-22-15-6-2-5-13-20(22)27(19-11-3-1-4-12-19)21-14-7-8-17-24(21)32-26(27)31/h1,3-4,7-12,14,16-18,20,22H,2,5-6,13,15H2,(H,29,30)/t20-,22-,27+/m0/s1. The molecule has 3 aromatic rings. The molecule has 0 radical (unpaired) electrons. The molecule has 0 spiro atoms. The number of aromatic nitrogens is 1. The molecule has 2 aliphatic rings. The van der Waals surface area contributed by atoms with E-state index in [-0.39, 0.29) is 23.8 Å². The van der Waals surface area contributed by atoms with Crippen molar-refractivity contribution in [2.24, 2.45) is 5.92 Å². The normalized spacial score (nSPS) is 24.8. The van der Waals surface area contributed by atoms with Crippen molar-refractivity contribution in [2.75, 3.05) is 0 Å². The maximum atomic E-state index is 13.7. The second-order valence-corrected chi connectivity index (χ2v) is 8.60. The van der Waals surface area contributed by atoms with E-state index in [0.29, 0.717) is 11.4 Å². The number of amides is 1. The molecule has 2 aromatic carbocycles. The minimum atomic E-state index is -0.954. The van der Waals surface area contributed by atoms with Crippen LogP contribution in [0.2, 0.25) is 0 Å². The Balaban J connectivity index is 1.62. The van der Waals surface area contributed by atoms with Gasteiger partial charge in [-0.25, -0.2) is 0 Å². The van der Waals surface area contributed by atoms with E-state index < -0.39 is 5.41 Å². The van der Waals surface area contributed by atoms with Crippen molar-refractivity contribution in [3.63, 3.8) is 0 Å². The first kappa shape index (κ1) is 20.4. The molecule has 1 amide bonds. The first-order chi connectivity index (χ1) is 15.7. The molecule has 3 atom stereocenters. The van der Waals surface area contributed by atoms with Gasteiger partial charge in [-0.05, 0) is 36.6 Å². The molecule has 0 saturated heterocycles. The van der Waals surface area contributed by atoms with Gasteiger partial charge in [-0.15, -0.1) is 0 Å². The van der Waals surface area contributed by atoms with E-state index in [2.05, 4.69) is 10.3 Å². The topological polar surface area (TPSA) is 68.3 Å². The number of para-hydroxylation sites is 1. The first-order valence-corrected chi connectivity index (χ1v) is 11.3. The molecule has 1 N–H and O–H groups in total. The summed E-state index contributed by atoms with van der Waals surface area (Å²) < 4.78 is 5.85. The molecular weight excluding hydrogens is 400 g/mol.